The molecule has 0 radical (unpaired) electrons. The van der Waals surface area contributed by atoms with Crippen molar-refractivity contribution in [3.05, 3.63) is 44.5 Å². The van der Waals surface area contributed by atoms with E-state index in [1.54, 1.807) is 0 Å². The summed E-state index contributed by atoms with van der Waals surface area (Å²) >= 11 is 5.81. The van der Waals surface area contributed by atoms with Crippen molar-refractivity contribution >= 4 is 44.2 Å². The molecule has 0 aliphatic rings. The Hall–Kier alpha value is -0.560. The Morgan fingerprint density at radius 2 is 2.29 bits per heavy atom. The van der Waals surface area contributed by atoms with Crippen molar-refractivity contribution in [3.8, 4) is 0 Å². The number of halogens is 2. The topological polar surface area (TPSA) is 29.9 Å². The predicted molar refractivity (Wildman–Crippen MR) is 82.3 cm³/mol. The molecule has 1 N–H and O–H groups in total. The maximum absolute atomic E-state index is 4.30. The van der Waals surface area contributed by atoms with E-state index >= 15 is 0 Å². The fourth-order valence-corrected chi connectivity index (χ4v) is 2.47. The summed E-state index contributed by atoms with van der Waals surface area (Å²) in [7, 11) is 2.02. The lowest BCUT2D eigenvalue weighted by Crippen LogP contribution is -2.09. The summed E-state index contributed by atoms with van der Waals surface area (Å²) in [4.78, 5) is 4.30. The lowest BCUT2D eigenvalue weighted by Gasteiger charge is -2.09. The molecule has 2 aromatic rings. The van der Waals surface area contributed by atoms with Crippen molar-refractivity contribution in [3.63, 3.8) is 0 Å². The number of imidazole rings is 1. The summed E-state index contributed by atoms with van der Waals surface area (Å²) in [6.45, 7) is 0.886. The summed E-state index contributed by atoms with van der Waals surface area (Å²) in [5.41, 5.74) is 1.16. The van der Waals surface area contributed by atoms with Crippen LogP contribution in [-0.4, -0.2) is 16.1 Å². The Balaban J connectivity index is 1.94. The summed E-state index contributed by atoms with van der Waals surface area (Å²) < 4.78 is 4.37. The Morgan fingerprint density at radius 1 is 1.47 bits per heavy atom. The van der Waals surface area contributed by atoms with Crippen molar-refractivity contribution in [2.75, 3.05) is 11.9 Å². The van der Waals surface area contributed by atoms with Crippen LogP contribution in [0.5, 0.6) is 0 Å². The largest absolute Gasteiger partial charge is 0.384 e. The average molecular weight is 406 g/mol. The second-order valence-corrected chi connectivity index (χ2v) is 5.83. The highest BCUT2D eigenvalue weighted by Crippen LogP contribution is 2.22. The van der Waals surface area contributed by atoms with E-state index in [0.717, 1.165) is 29.0 Å². The molecule has 0 atom stereocenters. The van der Waals surface area contributed by atoms with Crippen LogP contribution in [0.2, 0.25) is 0 Å². The number of nitrogens with zero attached hydrogens (tertiary/aromatic N) is 2. The van der Waals surface area contributed by atoms with Gasteiger partial charge in [-0.2, -0.15) is 0 Å². The van der Waals surface area contributed by atoms with E-state index in [-0.39, 0.29) is 0 Å². The molecule has 0 aliphatic heterocycles. The SMILES string of the molecule is Cn1ccnc1CCNc1cc(Br)ccc1I. The van der Waals surface area contributed by atoms with E-state index < -0.39 is 0 Å². The number of rotatable bonds is 4. The molecule has 0 saturated heterocycles. The molecule has 0 aliphatic carbocycles. The maximum Gasteiger partial charge on any atom is 0.110 e. The molecule has 0 spiro atoms. The third kappa shape index (κ3) is 3.45. The van der Waals surface area contributed by atoms with Crippen LogP contribution in [0.4, 0.5) is 5.69 Å². The van der Waals surface area contributed by atoms with Gasteiger partial charge in [0, 0.05) is 46.1 Å². The van der Waals surface area contributed by atoms with Crippen LogP contribution in [0.3, 0.4) is 0 Å². The first-order valence-corrected chi connectivity index (χ1v) is 7.19. The minimum Gasteiger partial charge on any atom is -0.384 e. The van der Waals surface area contributed by atoms with Gasteiger partial charge in [0.15, 0.2) is 0 Å². The highest BCUT2D eigenvalue weighted by Gasteiger charge is 2.02. The Labute approximate surface area is 123 Å². The van der Waals surface area contributed by atoms with Crippen LogP contribution in [0.15, 0.2) is 35.1 Å². The third-order valence-corrected chi connectivity index (χ3v) is 3.95. The highest BCUT2D eigenvalue weighted by molar-refractivity contribution is 14.1. The molecule has 2 rings (SSSR count). The van der Waals surface area contributed by atoms with Gasteiger partial charge in [-0.1, -0.05) is 15.9 Å². The number of hydrogen-bond acceptors (Lipinski definition) is 2. The lowest BCUT2D eigenvalue weighted by atomic mass is 10.3. The molecule has 1 heterocycles. The molecule has 0 saturated carbocycles. The standard InChI is InChI=1S/C12H13BrIN3/c1-17-7-6-16-12(17)4-5-15-11-8-9(13)2-3-10(11)14/h2-3,6-8,15H,4-5H2,1H3. The zero-order valence-corrected chi connectivity index (χ0v) is 13.2. The number of aromatic nitrogens is 2. The number of aryl methyl sites for hydroxylation is 1. The van der Waals surface area contributed by atoms with E-state index in [1.807, 2.05) is 30.1 Å². The van der Waals surface area contributed by atoms with Gasteiger partial charge >= 0.3 is 0 Å². The normalized spacial score (nSPS) is 10.5. The smallest absolute Gasteiger partial charge is 0.110 e. The quantitative estimate of drug-likeness (QED) is 0.789. The van der Waals surface area contributed by atoms with Crippen molar-refractivity contribution in [2.24, 2.45) is 7.05 Å². The van der Waals surface area contributed by atoms with Gasteiger partial charge in [0.2, 0.25) is 0 Å². The first kappa shape index (κ1) is 12.9. The van der Waals surface area contributed by atoms with Crippen LogP contribution in [0.1, 0.15) is 5.82 Å². The van der Waals surface area contributed by atoms with Crippen LogP contribution in [0.25, 0.3) is 0 Å². The second-order valence-electron chi connectivity index (χ2n) is 3.76. The van der Waals surface area contributed by atoms with Gasteiger partial charge in [-0.15, -0.1) is 0 Å². The summed E-state index contributed by atoms with van der Waals surface area (Å²) in [6, 6.07) is 6.24. The molecular weight excluding hydrogens is 393 g/mol. The molecule has 5 heteroatoms. The van der Waals surface area contributed by atoms with Crippen LogP contribution in [-0.2, 0) is 13.5 Å². The molecule has 0 bridgehead atoms. The first-order chi connectivity index (χ1) is 8.16. The molecule has 3 nitrogen and oxygen atoms in total. The maximum atomic E-state index is 4.30. The monoisotopic (exact) mass is 405 g/mol. The number of hydrogen-bond donors (Lipinski definition) is 1. The zero-order chi connectivity index (χ0) is 12.3. The Kier molecular flexibility index (Phi) is 4.44. The highest BCUT2D eigenvalue weighted by atomic mass is 127. The van der Waals surface area contributed by atoms with E-state index in [4.69, 9.17) is 0 Å². The molecule has 0 fully saturated rings. The molecule has 1 aromatic heterocycles. The molecule has 0 amide bonds. The molecule has 90 valence electrons. The first-order valence-electron chi connectivity index (χ1n) is 5.32. The molecular formula is C12H13BrIN3. The van der Waals surface area contributed by atoms with Gasteiger partial charge in [0.25, 0.3) is 0 Å². The fourth-order valence-electron chi connectivity index (χ4n) is 1.58. The second kappa shape index (κ2) is 5.86. The molecule has 17 heavy (non-hydrogen) atoms. The predicted octanol–water partition coefficient (Wildman–Crippen LogP) is 3.44. The molecule has 1 aromatic carbocycles. The number of benzene rings is 1. The van der Waals surface area contributed by atoms with Crippen molar-refractivity contribution in [1.29, 1.82) is 0 Å². The van der Waals surface area contributed by atoms with Gasteiger partial charge in [0.05, 0.1) is 0 Å². The van der Waals surface area contributed by atoms with E-state index in [9.17, 15) is 0 Å². The van der Waals surface area contributed by atoms with Gasteiger partial charge in [-0.05, 0) is 40.8 Å². The van der Waals surface area contributed by atoms with Gasteiger partial charge < -0.3 is 9.88 Å². The Bertz CT molecular complexity index is 510. The summed E-state index contributed by atoms with van der Waals surface area (Å²) in [5, 5.41) is 3.43. The number of nitrogens with one attached hydrogen (secondary N) is 1. The third-order valence-electron chi connectivity index (χ3n) is 2.51. The van der Waals surface area contributed by atoms with Crippen LogP contribution in [0, 0.1) is 3.57 Å². The van der Waals surface area contributed by atoms with Crippen LogP contribution >= 0.6 is 38.5 Å². The minimum absolute atomic E-state index is 0.886. The van der Waals surface area contributed by atoms with E-state index in [0.29, 0.717) is 0 Å². The van der Waals surface area contributed by atoms with Gasteiger partial charge in [-0.3, -0.25) is 0 Å². The van der Waals surface area contributed by atoms with E-state index in [2.05, 4.69) is 61.0 Å². The zero-order valence-electron chi connectivity index (χ0n) is 9.45. The number of anilines is 1. The minimum atomic E-state index is 0.886. The Morgan fingerprint density at radius 3 is 3.00 bits per heavy atom. The summed E-state index contributed by atoms with van der Waals surface area (Å²) in [6.07, 6.45) is 4.72. The van der Waals surface area contributed by atoms with E-state index in [1.165, 1.54) is 3.57 Å². The lowest BCUT2D eigenvalue weighted by molar-refractivity contribution is 0.789. The van der Waals surface area contributed by atoms with Crippen molar-refractivity contribution in [2.45, 2.75) is 6.42 Å². The van der Waals surface area contributed by atoms with Crippen molar-refractivity contribution < 1.29 is 0 Å². The van der Waals surface area contributed by atoms with Crippen LogP contribution < -0.4 is 5.32 Å². The summed E-state index contributed by atoms with van der Waals surface area (Å²) in [5.74, 6) is 1.10. The fraction of sp³-hybridized carbons (Fsp3) is 0.250. The van der Waals surface area contributed by atoms with Crippen molar-refractivity contribution in [1.82, 2.24) is 9.55 Å². The molecule has 0 unspecified atom stereocenters. The van der Waals surface area contributed by atoms with Gasteiger partial charge in [-0.25, -0.2) is 4.98 Å². The average Bonchev–Trinajstić information content (AvgIpc) is 2.70. The van der Waals surface area contributed by atoms with Gasteiger partial charge in [0.1, 0.15) is 5.82 Å².